The van der Waals surface area contributed by atoms with Gasteiger partial charge in [-0.15, -0.1) is 21.5 Å². The molecule has 130 valence electrons. The molecule has 3 rings (SSSR count). The molecule has 0 aliphatic carbocycles. The lowest BCUT2D eigenvalue weighted by Crippen LogP contribution is -2.14. The Morgan fingerprint density at radius 2 is 1.96 bits per heavy atom. The summed E-state index contributed by atoms with van der Waals surface area (Å²) < 4.78 is 0. The zero-order valence-electron chi connectivity index (χ0n) is 14.4. The maximum atomic E-state index is 12.1. The summed E-state index contributed by atoms with van der Waals surface area (Å²) in [6.45, 7) is 6.36. The Morgan fingerprint density at radius 3 is 2.60 bits per heavy atom. The van der Waals surface area contributed by atoms with E-state index in [1.54, 1.807) is 11.3 Å². The van der Waals surface area contributed by atoms with Gasteiger partial charge in [0.25, 0.3) is 0 Å². The lowest BCUT2D eigenvalue weighted by atomic mass is 10.0. The number of rotatable bonds is 6. The lowest BCUT2D eigenvalue weighted by molar-refractivity contribution is -0.115. The number of amides is 1. The van der Waals surface area contributed by atoms with Crippen molar-refractivity contribution in [1.82, 2.24) is 15.2 Å². The third-order valence-electron chi connectivity index (χ3n) is 3.73. The molecule has 0 atom stereocenters. The first-order valence-corrected chi connectivity index (χ1v) is 9.91. The highest BCUT2D eigenvalue weighted by atomic mass is 32.1. The first-order valence-electron chi connectivity index (χ1n) is 8.22. The van der Waals surface area contributed by atoms with Crippen LogP contribution < -0.4 is 5.32 Å². The fourth-order valence-electron chi connectivity index (χ4n) is 2.31. The molecule has 3 aromatic rings. The average Bonchev–Trinajstić information content (AvgIpc) is 3.24. The molecule has 1 N–H and O–H groups in total. The molecule has 0 saturated carbocycles. The van der Waals surface area contributed by atoms with Crippen LogP contribution in [-0.4, -0.2) is 21.1 Å². The molecule has 0 fully saturated rings. The SMILES string of the molecule is CCc1nnc(NC(=O)Cc2csc(-c3ccc(C(C)C)cc3)n2)s1. The monoisotopic (exact) mass is 372 g/mol. The number of aromatic nitrogens is 3. The van der Waals surface area contributed by atoms with Crippen molar-refractivity contribution in [1.29, 1.82) is 0 Å². The molecule has 0 aliphatic heterocycles. The second-order valence-electron chi connectivity index (χ2n) is 6.00. The summed E-state index contributed by atoms with van der Waals surface area (Å²) in [7, 11) is 0. The normalized spacial score (nSPS) is 11.0. The third-order valence-corrected chi connectivity index (χ3v) is 5.66. The number of hydrogen-bond acceptors (Lipinski definition) is 6. The molecule has 0 aliphatic rings. The summed E-state index contributed by atoms with van der Waals surface area (Å²) in [6, 6.07) is 8.44. The second kappa shape index (κ2) is 7.84. The van der Waals surface area contributed by atoms with Gasteiger partial charge >= 0.3 is 0 Å². The zero-order valence-corrected chi connectivity index (χ0v) is 16.1. The molecule has 2 heterocycles. The number of carbonyl (C=O) groups is 1. The summed E-state index contributed by atoms with van der Waals surface area (Å²) >= 11 is 2.96. The van der Waals surface area contributed by atoms with E-state index in [1.165, 1.54) is 16.9 Å². The Hall–Kier alpha value is -2.12. The smallest absolute Gasteiger partial charge is 0.232 e. The van der Waals surface area contributed by atoms with Gasteiger partial charge in [-0.3, -0.25) is 4.79 Å². The summed E-state index contributed by atoms with van der Waals surface area (Å²) in [6.07, 6.45) is 1.06. The number of anilines is 1. The van der Waals surface area contributed by atoms with E-state index in [9.17, 15) is 4.79 Å². The molecule has 1 amide bonds. The Kier molecular flexibility index (Phi) is 5.55. The van der Waals surface area contributed by atoms with Gasteiger partial charge in [-0.2, -0.15) is 0 Å². The number of hydrogen-bond donors (Lipinski definition) is 1. The molecule has 5 nitrogen and oxygen atoms in total. The fraction of sp³-hybridized carbons (Fsp3) is 0.333. The largest absolute Gasteiger partial charge is 0.300 e. The van der Waals surface area contributed by atoms with Crippen molar-refractivity contribution in [3.05, 3.63) is 45.9 Å². The van der Waals surface area contributed by atoms with Crippen LogP contribution in [0.2, 0.25) is 0 Å². The van der Waals surface area contributed by atoms with Crippen molar-refractivity contribution in [2.45, 2.75) is 39.5 Å². The number of nitrogens with one attached hydrogen (secondary N) is 1. The molecule has 2 aromatic heterocycles. The van der Waals surface area contributed by atoms with Crippen molar-refractivity contribution in [2.24, 2.45) is 0 Å². The highest BCUT2D eigenvalue weighted by molar-refractivity contribution is 7.15. The van der Waals surface area contributed by atoms with E-state index in [4.69, 9.17) is 0 Å². The topological polar surface area (TPSA) is 67.8 Å². The molecular formula is C18H20N4OS2. The molecule has 0 bridgehead atoms. The quantitative estimate of drug-likeness (QED) is 0.690. The zero-order chi connectivity index (χ0) is 17.8. The van der Waals surface area contributed by atoms with Gasteiger partial charge in [0, 0.05) is 10.9 Å². The van der Waals surface area contributed by atoms with E-state index < -0.39 is 0 Å². The first kappa shape index (κ1) is 17.7. The van der Waals surface area contributed by atoms with Gasteiger partial charge in [0.05, 0.1) is 12.1 Å². The molecule has 1 aromatic carbocycles. The standard InChI is InChI=1S/C18H20N4OS2/c1-4-16-21-22-18(25-16)20-15(23)9-14-10-24-17(19-14)13-7-5-12(6-8-13)11(2)3/h5-8,10-11H,4,9H2,1-3H3,(H,20,22,23). The minimum absolute atomic E-state index is 0.120. The second-order valence-corrected chi connectivity index (χ2v) is 7.92. The average molecular weight is 373 g/mol. The van der Waals surface area contributed by atoms with Gasteiger partial charge in [0.15, 0.2) is 0 Å². The van der Waals surface area contributed by atoms with E-state index in [1.807, 2.05) is 12.3 Å². The van der Waals surface area contributed by atoms with Gasteiger partial charge in [-0.25, -0.2) is 4.98 Å². The van der Waals surface area contributed by atoms with Crippen LogP contribution in [0.25, 0.3) is 10.6 Å². The van der Waals surface area contributed by atoms with Crippen LogP contribution in [0.1, 0.15) is 43.0 Å². The molecule has 0 unspecified atom stereocenters. The number of nitrogens with zero attached hydrogens (tertiary/aromatic N) is 3. The van der Waals surface area contributed by atoms with E-state index in [2.05, 4.69) is 58.6 Å². The maximum Gasteiger partial charge on any atom is 0.232 e. The number of thiazole rings is 1. The summed E-state index contributed by atoms with van der Waals surface area (Å²) in [5.41, 5.74) is 3.16. The maximum absolute atomic E-state index is 12.1. The van der Waals surface area contributed by atoms with Crippen LogP contribution in [0.5, 0.6) is 0 Å². The lowest BCUT2D eigenvalue weighted by Gasteiger charge is -2.05. The number of carbonyl (C=O) groups excluding carboxylic acids is 1. The Balaban J connectivity index is 1.63. The van der Waals surface area contributed by atoms with E-state index in [0.717, 1.165) is 27.7 Å². The van der Waals surface area contributed by atoms with Gasteiger partial charge < -0.3 is 5.32 Å². The molecule has 0 saturated heterocycles. The van der Waals surface area contributed by atoms with Crippen LogP contribution in [0.15, 0.2) is 29.6 Å². The van der Waals surface area contributed by atoms with Crippen molar-refractivity contribution in [2.75, 3.05) is 5.32 Å². The van der Waals surface area contributed by atoms with Gasteiger partial charge in [-0.1, -0.05) is 56.4 Å². The van der Waals surface area contributed by atoms with Crippen molar-refractivity contribution in [3.63, 3.8) is 0 Å². The molecule has 7 heteroatoms. The van der Waals surface area contributed by atoms with E-state index >= 15 is 0 Å². The molecule has 25 heavy (non-hydrogen) atoms. The van der Waals surface area contributed by atoms with Gasteiger partial charge in [0.2, 0.25) is 11.0 Å². The van der Waals surface area contributed by atoms with Crippen LogP contribution in [0.3, 0.4) is 0 Å². The third kappa shape index (κ3) is 4.49. The Bertz CT molecular complexity index is 852. The van der Waals surface area contributed by atoms with E-state index in [0.29, 0.717) is 11.0 Å². The Morgan fingerprint density at radius 1 is 1.20 bits per heavy atom. The predicted octanol–water partition coefficient (Wildman–Crippen LogP) is 4.53. The van der Waals surface area contributed by atoms with Crippen molar-refractivity contribution >= 4 is 33.7 Å². The fourth-order valence-corrected chi connectivity index (χ4v) is 3.83. The van der Waals surface area contributed by atoms with Gasteiger partial charge in [0.1, 0.15) is 10.0 Å². The first-order chi connectivity index (χ1) is 12.0. The van der Waals surface area contributed by atoms with Crippen LogP contribution in [0, 0.1) is 0 Å². The molecular weight excluding hydrogens is 352 g/mol. The predicted molar refractivity (Wildman–Crippen MR) is 103 cm³/mol. The van der Waals surface area contributed by atoms with Gasteiger partial charge in [-0.05, 0) is 17.9 Å². The van der Waals surface area contributed by atoms with Crippen molar-refractivity contribution in [3.8, 4) is 10.6 Å². The van der Waals surface area contributed by atoms with Crippen LogP contribution >= 0.6 is 22.7 Å². The molecule has 0 radical (unpaired) electrons. The summed E-state index contributed by atoms with van der Waals surface area (Å²) in [5, 5.41) is 15.1. The highest BCUT2D eigenvalue weighted by Crippen LogP contribution is 2.26. The molecule has 0 spiro atoms. The number of benzene rings is 1. The van der Waals surface area contributed by atoms with Crippen LogP contribution in [-0.2, 0) is 17.6 Å². The van der Waals surface area contributed by atoms with Crippen LogP contribution in [0.4, 0.5) is 5.13 Å². The number of aryl methyl sites for hydroxylation is 1. The summed E-state index contributed by atoms with van der Waals surface area (Å²) in [5.74, 6) is 0.393. The van der Waals surface area contributed by atoms with Crippen molar-refractivity contribution < 1.29 is 4.79 Å². The minimum Gasteiger partial charge on any atom is -0.300 e. The summed E-state index contributed by atoms with van der Waals surface area (Å²) in [4.78, 5) is 16.7. The highest BCUT2D eigenvalue weighted by Gasteiger charge is 2.12. The Labute approximate surface area is 155 Å². The minimum atomic E-state index is -0.120. The van der Waals surface area contributed by atoms with E-state index in [-0.39, 0.29) is 12.3 Å².